The van der Waals surface area contributed by atoms with E-state index in [1.165, 1.54) is 6.07 Å². The standard InChI is InChI=1S/C15H20ClFO2/c1-13(2)9-15(18,14(3,4)19-13)8-10-5-6-11(16)7-12(10)17/h5-7,18H,8-9H2,1-4H3. The molecule has 1 aliphatic heterocycles. The highest BCUT2D eigenvalue weighted by molar-refractivity contribution is 6.30. The SMILES string of the molecule is CC1(C)CC(O)(Cc2ccc(Cl)cc2F)C(C)(C)O1. The molecule has 0 aromatic heterocycles. The van der Waals surface area contributed by atoms with Gasteiger partial charge in [-0.1, -0.05) is 17.7 Å². The minimum atomic E-state index is -1.09. The van der Waals surface area contributed by atoms with Crippen LogP contribution in [0.25, 0.3) is 0 Å². The van der Waals surface area contributed by atoms with Crippen molar-refractivity contribution in [2.45, 2.75) is 57.3 Å². The molecule has 1 aromatic carbocycles. The summed E-state index contributed by atoms with van der Waals surface area (Å²) in [4.78, 5) is 0. The Balaban J connectivity index is 2.31. The summed E-state index contributed by atoms with van der Waals surface area (Å²) in [5.41, 5.74) is -1.77. The van der Waals surface area contributed by atoms with Gasteiger partial charge in [0.25, 0.3) is 0 Å². The zero-order valence-electron chi connectivity index (χ0n) is 11.8. The highest BCUT2D eigenvalue weighted by Gasteiger charge is 2.56. The minimum absolute atomic E-state index is 0.215. The second-order valence-electron chi connectivity index (χ2n) is 6.49. The van der Waals surface area contributed by atoms with Gasteiger partial charge in [-0.05, 0) is 45.4 Å². The third-order valence-electron chi connectivity index (χ3n) is 3.87. The smallest absolute Gasteiger partial charge is 0.127 e. The molecule has 1 unspecified atom stereocenters. The van der Waals surface area contributed by atoms with Crippen molar-refractivity contribution in [2.24, 2.45) is 0 Å². The lowest BCUT2D eigenvalue weighted by atomic mass is 9.78. The van der Waals surface area contributed by atoms with Crippen LogP contribution in [0.3, 0.4) is 0 Å². The fraction of sp³-hybridized carbons (Fsp3) is 0.600. The van der Waals surface area contributed by atoms with E-state index in [9.17, 15) is 9.50 Å². The molecule has 19 heavy (non-hydrogen) atoms. The molecule has 0 spiro atoms. The van der Waals surface area contributed by atoms with E-state index in [4.69, 9.17) is 16.3 Å². The van der Waals surface area contributed by atoms with Crippen LogP contribution in [0.15, 0.2) is 18.2 Å². The second-order valence-corrected chi connectivity index (χ2v) is 6.93. The number of rotatable bonds is 2. The summed E-state index contributed by atoms with van der Waals surface area (Å²) in [5, 5.41) is 11.2. The van der Waals surface area contributed by atoms with E-state index in [0.717, 1.165) is 0 Å². The summed E-state index contributed by atoms with van der Waals surface area (Å²) in [6, 6.07) is 4.53. The van der Waals surface area contributed by atoms with Crippen LogP contribution in [0, 0.1) is 5.82 Å². The summed E-state index contributed by atoms with van der Waals surface area (Å²) in [7, 11) is 0. The quantitative estimate of drug-likeness (QED) is 0.898. The van der Waals surface area contributed by atoms with Crippen molar-refractivity contribution in [2.75, 3.05) is 0 Å². The molecule has 1 heterocycles. The molecule has 0 saturated carbocycles. The van der Waals surface area contributed by atoms with E-state index >= 15 is 0 Å². The van der Waals surface area contributed by atoms with Crippen molar-refractivity contribution in [1.82, 2.24) is 0 Å². The van der Waals surface area contributed by atoms with Gasteiger partial charge in [0.1, 0.15) is 5.82 Å². The maximum Gasteiger partial charge on any atom is 0.127 e. The average Bonchev–Trinajstić information content (AvgIpc) is 2.35. The molecular formula is C15H20ClFO2. The van der Waals surface area contributed by atoms with E-state index in [2.05, 4.69) is 0 Å². The van der Waals surface area contributed by atoms with Crippen molar-refractivity contribution in [3.63, 3.8) is 0 Å². The highest BCUT2D eigenvalue weighted by Crippen LogP contribution is 2.46. The van der Waals surface area contributed by atoms with Gasteiger partial charge in [0.05, 0.1) is 16.8 Å². The molecule has 1 aliphatic rings. The first-order chi connectivity index (χ1) is 8.55. The number of hydrogen-bond donors (Lipinski definition) is 1. The Kier molecular flexibility index (Phi) is 3.45. The molecule has 2 rings (SSSR count). The second kappa shape index (κ2) is 4.44. The van der Waals surface area contributed by atoms with Gasteiger partial charge in [-0.2, -0.15) is 0 Å². The molecule has 0 aliphatic carbocycles. The molecule has 1 atom stereocenters. The van der Waals surface area contributed by atoms with Gasteiger partial charge in [0, 0.05) is 17.9 Å². The van der Waals surface area contributed by atoms with Crippen molar-refractivity contribution in [1.29, 1.82) is 0 Å². The zero-order chi connectivity index (χ0) is 14.5. The van der Waals surface area contributed by atoms with Crippen LogP contribution in [0.1, 0.15) is 39.7 Å². The number of hydrogen-bond acceptors (Lipinski definition) is 2. The summed E-state index contributed by atoms with van der Waals surface area (Å²) < 4.78 is 19.8. The van der Waals surface area contributed by atoms with Gasteiger partial charge < -0.3 is 9.84 Å². The highest BCUT2D eigenvalue weighted by atomic mass is 35.5. The summed E-state index contributed by atoms with van der Waals surface area (Å²) >= 11 is 5.74. The Bertz CT molecular complexity index is 499. The molecule has 4 heteroatoms. The molecular weight excluding hydrogens is 267 g/mol. The molecule has 0 amide bonds. The van der Waals surface area contributed by atoms with Gasteiger partial charge in [-0.3, -0.25) is 0 Å². The topological polar surface area (TPSA) is 29.5 Å². The van der Waals surface area contributed by atoms with Gasteiger partial charge in [0.15, 0.2) is 0 Å². The number of halogens is 2. The zero-order valence-corrected chi connectivity index (χ0v) is 12.5. The fourth-order valence-corrected chi connectivity index (χ4v) is 3.15. The Labute approximate surface area is 118 Å². The normalized spacial score (nSPS) is 28.6. The van der Waals surface area contributed by atoms with Gasteiger partial charge in [0.2, 0.25) is 0 Å². The van der Waals surface area contributed by atoms with Crippen LogP contribution in [-0.2, 0) is 11.2 Å². The van der Waals surface area contributed by atoms with E-state index in [1.807, 2.05) is 27.7 Å². The predicted octanol–water partition coefficient (Wildman–Crippen LogP) is 3.73. The summed E-state index contributed by atoms with van der Waals surface area (Å²) in [6.45, 7) is 7.56. The Morgan fingerprint density at radius 3 is 2.42 bits per heavy atom. The Morgan fingerprint density at radius 1 is 1.32 bits per heavy atom. The molecule has 0 bridgehead atoms. The van der Waals surface area contributed by atoms with Crippen LogP contribution in [0.2, 0.25) is 5.02 Å². The minimum Gasteiger partial charge on any atom is -0.386 e. The third-order valence-corrected chi connectivity index (χ3v) is 4.10. The first-order valence-electron chi connectivity index (χ1n) is 6.41. The molecule has 1 N–H and O–H groups in total. The number of benzene rings is 1. The van der Waals surface area contributed by atoms with Gasteiger partial charge in [-0.25, -0.2) is 4.39 Å². The van der Waals surface area contributed by atoms with Crippen molar-refractivity contribution >= 4 is 11.6 Å². The third kappa shape index (κ3) is 2.78. The lowest BCUT2D eigenvalue weighted by Gasteiger charge is -2.35. The predicted molar refractivity (Wildman–Crippen MR) is 73.9 cm³/mol. The molecule has 0 radical (unpaired) electrons. The molecule has 106 valence electrons. The van der Waals surface area contributed by atoms with E-state index in [1.54, 1.807) is 12.1 Å². The van der Waals surface area contributed by atoms with Crippen molar-refractivity contribution in [3.05, 3.63) is 34.6 Å². The lowest BCUT2D eigenvalue weighted by Crippen LogP contribution is -2.48. The van der Waals surface area contributed by atoms with Crippen molar-refractivity contribution in [3.8, 4) is 0 Å². The monoisotopic (exact) mass is 286 g/mol. The fourth-order valence-electron chi connectivity index (χ4n) is 2.99. The van der Waals surface area contributed by atoms with E-state index in [0.29, 0.717) is 17.0 Å². The Morgan fingerprint density at radius 2 is 1.95 bits per heavy atom. The van der Waals surface area contributed by atoms with Crippen LogP contribution in [0.5, 0.6) is 0 Å². The number of ether oxygens (including phenoxy) is 1. The maximum absolute atomic E-state index is 13.9. The first kappa shape index (κ1) is 14.8. The Hall–Kier alpha value is -0.640. The molecule has 1 fully saturated rings. The van der Waals surface area contributed by atoms with Crippen LogP contribution < -0.4 is 0 Å². The van der Waals surface area contributed by atoms with E-state index in [-0.39, 0.29) is 12.2 Å². The first-order valence-corrected chi connectivity index (χ1v) is 6.79. The molecule has 1 aromatic rings. The van der Waals surface area contributed by atoms with Crippen LogP contribution in [-0.4, -0.2) is 21.9 Å². The van der Waals surface area contributed by atoms with E-state index < -0.39 is 16.8 Å². The van der Waals surface area contributed by atoms with Gasteiger partial charge in [-0.15, -0.1) is 0 Å². The largest absolute Gasteiger partial charge is 0.386 e. The summed E-state index contributed by atoms with van der Waals surface area (Å²) in [5.74, 6) is -0.388. The maximum atomic E-state index is 13.9. The molecule has 2 nitrogen and oxygen atoms in total. The van der Waals surface area contributed by atoms with Crippen LogP contribution >= 0.6 is 11.6 Å². The average molecular weight is 287 g/mol. The molecule has 1 saturated heterocycles. The van der Waals surface area contributed by atoms with Crippen molar-refractivity contribution < 1.29 is 14.2 Å². The number of aliphatic hydroxyl groups is 1. The lowest BCUT2D eigenvalue weighted by molar-refractivity contribution is -0.125. The van der Waals surface area contributed by atoms with Gasteiger partial charge >= 0.3 is 0 Å². The van der Waals surface area contributed by atoms with Crippen LogP contribution in [0.4, 0.5) is 4.39 Å². The summed E-state index contributed by atoms with van der Waals surface area (Å²) in [6.07, 6.45) is 0.682.